The summed E-state index contributed by atoms with van der Waals surface area (Å²) in [6.07, 6.45) is -3.39. The van der Waals surface area contributed by atoms with E-state index in [2.05, 4.69) is 15.0 Å². The molecule has 0 aliphatic heterocycles. The van der Waals surface area contributed by atoms with Crippen molar-refractivity contribution in [2.45, 2.75) is 19.1 Å². The minimum atomic E-state index is -4.39. The molecule has 0 bridgehead atoms. The van der Waals surface area contributed by atoms with Gasteiger partial charge in [-0.15, -0.1) is 0 Å². The molecule has 0 radical (unpaired) electrons. The Labute approximate surface area is 117 Å². The second-order valence-corrected chi connectivity index (χ2v) is 4.36. The summed E-state index contributed by atoms with van der Waals surface area (Å²) in [4.78, 5) is 13.6. The first kappa shape index (κ1) is 16.4. The second-order valence-electron chi connectivity index (χ2n) is 3.96. The lowest BCUT2D eigenvalue weighted by atomic mass is 10.3. The van der Waals surface area contributed by atoms with Crippen LogP contribution in [0.15, 0.2) is 12.3 Å². The predicted molar refractivity (Wildman–Crippen MR) is 65.9 cm³/mol. The number of ether oxygens (including phenoxy) is 1. The van der Waals surface area contributed by atoms with Crippen molar-refractivity contribution in [1.82, 2.24) is 4.98 Å². The topological polar surface area (TPSA) is 77.3 Å². The highest BCUT2D eigenvalue weighted by atomic mass is 35.5. The smallest absolute Gasteiger partial charge is 0.370 e. The molecule has 0 saturated carbocycles. The van der Waals surface area contributed by atoms with Gasteiger partial charge in [-0.3, -0.25) is 10.1 Å². The molecule has 0 unspecified atom stereocenters. The first-order valence-corrected chi connectivity index (χ1v) is 5.78. The third-order valence-electron chi connectivity index (χ3n) is 2.05. The molecule has 1 aromatic rings. The number of aromatic nitrogens is 1. The Morgan fingerprint density at radius 2 is 2.25 bits per heavy atom. The fourth-order valence-corrected chi connectivity index (χ4v) is 1.48. The number of nitro groups is 1. The number of anilines is 1. The van der Waals surface area contributed by atoms with Crippen molar-refractivity contribution in [2.75, 3.05) is 18.5 Å². The van der Waals surface area contributed by atoms with Crippen molar-refractivity contribution in [1.29, 1.82) is 0 Å². The number of rotatable bonds is 6. The molecule has 0 spiro atoms. The molecule has 112 valence electrons. The van der Waals surface area contributed by atoms with E-state index in [0.29, 0.717) is 0 Å². The SMILES string of the molecule is C[C@H](COCC(F)(F)F)Nc1ncc([N+](=O)[O-])cc1Cl. The quantitative estimate of drug-likeness (QED) is 0.645. The highest BCUT2D eigenvalue weighted by molar-refractivity contribution is 6.33. The van der Waals surface area contributed by atoms with E-state index >= 15 is 0 Å². The van der Waals surface area contributed by atoms with Crippen molar-refractivity contribution in [3.63, 3.8) is 0 Å². The second kappa shape index (κ2) is 6.71. The van der Waals surface area contributed by atoms with E-state index < -0.39 is 23.7 Å². The predicted octanol–water partition coefficient (Wildman–Crippen LogP) is 3.02. The van der Waals surface area contributed by atoms with Crippen LogP contribution >= 0.6 is 11.6 Å². The van der Waals surface area contributed by atoms with Crippen molar-refractivity contribution >= 4 is 23.1 Å². The van der Waals surface area contributed by atoms with Gasteiger partial charge in [-0.2, -0.15) is 13.2 Å². The Kier molecular flexibility index (Phi) is 5.52. The Hall–Kier alpha value is -1.61. The lowest BCUT2D eigenvalue weighted by Crippen LogP contribution is -2.26. The lowest BCUT2D eigenvalue weighted by molar-refractivity contribution is -0.385. The highest BCUT2D eigenvalue weighted by Gasteiger charge is 2.27. The molecule has 1 aromatic heterocycles. The Morgan fingerprint density at radius 1 is 1.60 bits per heavy atom. The standard InChI is InChI=1S/C10H11ClF3N3O3/c1-6(4-20-5-10(12,13)14)16-9-8(11)2-7(3-15-9)17(18)19/h2-3,6H,4-5H2,1H3,(H,15,16)/t6-/m1/s1. The Morgan fingerprint density at radius 3 is 2.75 bits per heavy atom. The maximum Gasteiger partial charge on any atom is 0.411 e. The average Bonchev–Trinajstić information content (AvgIpc) is 2.29. The van der Waals surface area contributed by atoms with Crippen molar-refractivity contribution in [3.8, 4) is 0 Å². The van der Waals surface area contributed by atoms with Crippen LogP contribution in [0.4, 0.5) is 24.7 Å². The monoisotopic (exact) mass is 313 g/mol. The van der Waals surface area contributed by atoms with Crippen LogP contribution in [-0.4, -0.2) is 35.3 Å². The summed E-state index contributed by atoms with van der Waals surface area (Å²) in [7, 11) is 0. The zero-order valence-corrected chi connectivity index (χ0v) is 11.0. The Balaban J connectivity index is 2.54. The molecular formula is C10H11ClF3N3O3. The highest BCUT2D eigenvalue weighted by Crippen LogP contribution is 2.24. The summed E-state index contributed by atoms with van der Waals surface area (Å²) in [5, 5.41) is 13.2. The lowest BCUT2D eigenvalue weighted by Gasteiger charge is -2.16. The molecular weight excluding hydrogens is 303 g/mol. The maximum atomic E-state index is 11.9. The minimum absolute atomic E-state index is 0.00173. The molecule has 20 heavy (non-hydrogen) atoms. The minimum Gasteiger partial charge on any atom is -0.370 e. The van der Waals surface area contributed by atoms with Gasteiger partial charge in [0.25, 0.3) is 5.69 Å². The van der Waals surface area contributed by atoms with Crippen LogP contribution < -0.4 is 5.32 Å². The van der Waals surface area contributed by atoms with E-state index in [4.69, 9.17) is 11.6 Å². The van der Waals surface area contributed by atoms with Crippen LogP contribution in [-0.2, 0) is 4.74 Å². The van der Waals surface area contributed by atoms with Gasteiger partial charge in [-0.05, 0) is 6.92 Å². The van der Waals surface area contributed by atoms with Gasteiger partial charge in [-0.1, -0.05) is 11.6 Å². The number of halogens is 4. The molecule has 0 aliphatic carbocycles. The molecule has 0 fully saturated rings. The van der Waals surface area contributed by atoms with E-state index in [-0.39, 0.29) is 23.1 Å². The Bertz CT molecular complexity index is 485. The van der Waals surface area contributed by atoms with Gasteiger partial charge in [0.2, 0.25) is 0 Å². The number of nitrogens with one attached hydrogen (secondary N) is 1. The molecule has 0 aliphatic rings. The molecule has 10 heteroatoms. The van der Waals surface area contributed by atoms with E-state index in [1.165, 1.54) is 0 Å². The maximum absolute atomic E-state index is 11.9. The summed E-state index contributed by atoms with van der Waals surface area (Å²) in [5.41, 5.74) is -0.276. The fourth-order valence-electron chi connectivity index (χ4n) is 1.26. The van der Waals surface area contributed by atoms with Crippen LogP contribution in [0.5, 0.6) is 0 Å². The molecule has 6 nitrogen and oxygen atoms in total. The van der Waals surface area contributed by atoms with E-state index in [1.807, 2.05) is 0 Å². The van der Waals surface area contributed by atoms with E-state index in [1.54, 1.807) is 6.92 Å². The van der Waals surface area contributed by atoms with Crippen molar-refractivity contribution < 1.29 is 22.8 Å². The van der Waals surface area contributed by atoms with Crippen LogP contribution in [0, 0.1) is 10.1 Å². The summed E-state index contributed by atoms with van der Waals surface area (Å²) in [5.74, 6) is 0.139. The molecule has 1 N–H and O–H groups in total. The first-order valence-electron chi connectivity index (χ1n) is 5.40. The van der Waals surface area contributed by atoms with Crippen molar-refractivity contribution in [2.24, 2.45) is 0 Å². The fraction of sp³-hybridized carbons (Fsp3) is 0.500. The number of hydrogen-bond donors (Lipinski definition) is 1. The number of nitrogens with zero attached hydrogens (tertiary/aromatic N) is 2. The van der Waals surface area contributed by atoms with E-state index in [0.717, 1.165) is 12.3 Å². The van der Waals surface area contributed by atoms with Gasteiger partial charge in [0.1, 0.15) is 18.6 Å². The average molecular weight is 314 g/mol. The number of pyridine rings is 1. The molecule has 1 atom stereocenters. The van der Waals surface area contributed by atoms with Gasteiger partial charge in [0, 0.05) is 12.1 Å². The summed E-state index contributed by atoms with van der Waals surface area (Å²) < 4.78 is 40.1. The van der Waals surface area contributed by atoms with Crippen LogP contribution in [0.25, 0.3) is 0 Å². The van der Waals surface area contributed by atoms with Crippen molar-refractivity contribution in [3.05, 3.63) is 27.4 Å². The molecule has 0 saturated heterocycles. The summed E-state index contributed by atoms with van der Waals surface area (Å²) >= 11 is 5.77. The normalized spacial score (nSPS) is 13.1. The zero-order valence-electron chi connectivity index (χ0n) is 10.3. The molecule has 1 heterocycles. The molecule has 0 aromatic carbocycles. The van der Waals surface area contributed by atoms with Gasteiger partial charge < -0.3 is 10.1 Å². The van der Waals surface area contributed by atoms with Gasteiger partial charge >= 0.3 is 6.18 Å². The first-order chi connectivity index (χ1) is 9.19. The van der Waals surface area contributed by atoms with Crippen LogP contribution in [0.1, 0.15) is 6.92 Å². The van der Waals surface area contributed by atoms with Crippen LogP contribution in [0.2, 0.25) is 5.02 Å². The van der Waals surface area contributed by atoms with Gasteiger partial charge in [-0.25, -0.2) is 4.98 Å². The summed E-state index contributed by atoms with van der Waals surface area (Å²) in [6.45, 7) is 0.00471. The van der Waals surface area contributed by atoms with Crippen LogP contribution in [0.3, 0.4) is 0 Å². The largest absolute Gasteiger partial charge is 0.411 e. The molecule has 1 rings (SSSR count). The number of alkyl halides is 3. The van der Waals surface area contributed by atoms with Gasteiger partial charge in [0.05, 0.1) is 16.6 Å². The molecule has 0 amide bonds. The zero-order chi connectivity index (χ0) is 15.3. The summed E-state index contributed by atoms with van der Waals surface area (Å²) in [6, 6.07) is 0.601. The third-order valence-corrected chi connectivity index (χ3v) is 2.34. The third kappa shape index (κ3) is 5.57. The number of hydrogen-bond acceptors (Lipinski definition) is 5. The van der Waals surface area contributed by atoms with E-state index in [9.17, 15) is 23.3 Å². The van der Waals surface area contributed by atoms with Gasteiger partial charge in [0.15, 0.2) is 0 Å².